The van der Waals surface area contributed by atoms with Crippen molar-refractivity contribution in [2.75, 3.05) is 7.05 Å². The van der Waals surface area contributed by atoms with Crippen molar-refractivity contribution < 1.29 is 0 Å². The first kappa shape index (κ1) is 18.4. The van der Waals surface area contributed by atoms with E-state index >= 15 is 0 Å². The molecular weight excluding hydrogens is 298 g/mol. The Hall–Kier alpha value is -0.990. The molecule has 2 saturated carbocycles. The van der Waals surface area contributed by atoms with Gasteiger partial charge in [-0.05, 0) is 73.3 Å². The largest absolute Gasteiger partial charge is 0.333 e. The molecule has 0 spiro atoms. The van der Waals surface area contributed by atoms with Crippen molar-refractivity contribution in [3.63, 3.8) is 0 Å². The van der Waals surface area contributed by atoms with Crippen LogP contribution >= 0.6 is 12.2 Å². The Morgan fingerprint density at radius 2 is 1.78 bits per heavy atom. The van der Waals surface area contributed by atoms with E-state index in [1.807, 2.05) is 0 Å². The van der Waals surface area contributed by atoms with E-state index in [9.17, 15) is 0 Å². The van der Waals surface area contributed by atoms with E-state index in [1.165, 1.54) is 38.3 Å². The minimum Gasteiger partial charge on any atom is -0.333 e. The minimum absolute atomic E-state index is 0.197. The average molecular weight is 330 g/mol. The van der Waals surface area contributed by atoms with Gasteiger partial charge in [-0.2, -0.15) is 0 Å². The predicted molar refractivity (Wildman–Crippen MR) is 105 cm³/mol. The van der Waals surface area contributed by atoms with Crippen LogP contribution in [0.4, 0.5) is 0 Å². The van der Waals surface area contributed by atoms with Gasteiger partial charge in [-0.1, -0.05) is 68.0 Å². The highest BCUT2D eigenvalue weighted by Gasteiger charge is 2.51. The van der Waals surface area contributed by atoms with E-state index in [-0.39, 0.29) is 5.41 Å². The molecule has 2 fully saturated rings. The molecule has 2 N–H and O–H groups in total. The van der Waals surface area contributed by atoms with Crippen LogP contribution in [0.1, 0.15) is 52.0 Å². The summed E-state index contributed by atoms with van der Waals surface area (Å²) in [5.41, 5.74) is 8.21. The van der Waals surface area contributed by atoms with E-state index < -0.39 is 0 Å². The second-order valence-electron chi connectivity index (χ2n) is 7.59. The number of thiocarbonyl (C=S) groups is 1. The molecule has 2 aliphatic carbocycles. The molecule has 3 rings (SSSR count). The topological polar surface area (TPSA) is 26.0 Å². The van der Waals surface area contributed by atoms with Crippen LogP contribution in [-0.2, 0) is 5.41 Å². The van der Waals surface area contributed by atoms with Gasteiger partial charge < -0.3 is 5.73 Å². The summed E-state index contributed by atoms with van der Waals surface area (Å²) in [6, 6.07) is 11.2. The van der Waals surface area contributed by atoms with Crippen molar-refractivity contribution in [1.82, 2.24) is 0 Å². The summed E-state index contributed by atoms with van der Waals surface area (Å²) in [5.74, 6) is 1.40. The Morgan fingerprint density at radius 1 is 1.13 bits per heavy atom. The molecule has 4 atom stereocenters. The van der Waals surface area contributed by atoms with Crippen LogP contribution in [0, 0.1) is 17.3 Å². The molecule has 0 aliphatic heterocycles. The first-order chi connectivity index (χ1) is 11.0. The number of fused-ring (bicyclic) bond motifs is 2. The second kappa shape index (κ2) is 7.27. The molecule has 1 aromatic carbocycles. The van der Waals surface area contributed by atoms with Crippen molar-refractivity contribution in [3.8, 4) is 0 Å². The van der Waals surface area contributed by atoms with Gasteiger partial charge in [0.05, 0.1) is 0 Å². The van der Waals surface area contributed by atoms with Gasteiger partial charge in [-0.15, -0.1) is 0 Å². The van der Waals surface area contributed by atoms with Crippen molar-refractivity contribution in [3.05, 3.63) is 47.5 Å². The first-order valence-corrected chi connectivity index (χ1v) is 9.25. The molecule has 2 bridgehead atoms. The van der Waals surface area contributed by atoms with Crippen molar-refractivity contribution in [2.45, 2.75) is 51.9 Å². The SMILES string of the molecule is C/C=C1\C(C)CC2(c3ccccc3)CC1CC(C)(C=S)C2.CN. The Labute approximate surface area is 147 Å². The van der Waals surface area contributed by atoms with Gasteiger partial charge in [0.1, 0.15) is 0 Å². The molecule has 2 aliphatic rings. The Balaban J connectivity index is 0.000000924. The quantitative estimate of drug-likeness (QED) is 0.589. The molecule has 2 heteroatoms. The standard InChI is InChI=1S/C20H26S.CH5N/c1-4-18-15(2)10-20(17-8-6-5-7-9-17)12-16(18)11-19(3,13-20)14-21;1-2/h4-9,14-16H,10-13H2,1-3H3;2H2,1H3/b18-4+;. The highest BCUT2D eigenvalue weighted by Crippen LogP contribution is 2.59. The van der Waals surface area contributed by atoms with E-state index in [4.69, 9.17) is 12.2 Å². The summed E-state index contributed by atoms with van der Waals surface area (Å²) in [5, 5.41) is 2.06. The van der Waals surface area contributed by atoms with E-state index in [0.717, 1.165) is 0 Å². The van der Waals surface area contributed by atoms with Gasteiger partial charge in [0.25, 0.3) is 0 Å². The zero-order valence-corrected chi connectivity index (χ0v) is 15.8. The lowest BCUT2D eigenvalue weighted by molar-refractivity contribution is 0.0979. The van der Waals surface area contributed by atoms with Gasteiger partial charge >= 0.3 is 0 Å². The predicted octanol–water partition coefficient (Wildman–Crippen LogP) is 5.29. The zero-order valence-electron chi connectivity index (χ0n) is 15.0. The fraction of sp³-hybridized carbons (Fsp3) is 0.571. The van der Waals surface area contributed by atoms with Crippen molar-refractivity contribution in [1.29, 1.82) is 0 Å². The van der Waals surface area contributed by atoms with Crippen LogP contribution in [-0.4, -0.2) is 12.4 Å². The van der Waals surface area contributed by atoms with Crippen LogP contribution in [0.3, 0.4) is 0 Å². The lowest BCUT2D eigenvalue weighted by Gasteiger charge is -2.55. The third kappa shape index (κ3) is 3.44. The normalized spacial score (nSPS) is 37.7. The highest BCUT2D eigenvalue weighted by molar-refractivity contribution is 7.79. The fourth-order valence-electron chi connectivity index (χ4n) is 5.26. The van der Waals surface area contributed by atoms with Crippen LogP contribution in [0.5, 0.6) is 0 Å². The van der Waals surface area contributed by atoms with Gasteiger partial charge in [0.15, 0.2) is 0 Å². The average Bonchev–Trinajstić information content (AvgIpc) is 2.57. The molecule has 23 heavy (non-hydrogen) atoms. The molecule has 1 nitrogen and oxygen atoms in total. The third-order valence-corrected chi connectivity index (χ3v) is 6.40. The molecule has 0 aromatic heterocycles. The summed E-state index contributed by atoms with van der Waals surface area (Å²) in [6.45, 7) is 7.00. The second-order valence-corrected chi connectivity index (χ2v) is 7.83. The molecule has 0 amide bonds. The molecule has 126 valence electrons. The number of hydrogen-bond donors (Lipinski definition) is 1. The number of nitrogens with two attached hydrogens (primary N) is 1. The molecule has 1 aromatic rings. The summed E-state index contributed by atoms with van der Waals surface area (Å²) in [6.07, 6.45) is 7.39. The van der Waals surface area contributed by atoms with Crippen molar-refractivity contribution in [2.24, 2.45) is 23.0 Å². The smallest absolute Gasteiger partial charge is 0.00272 e. The van der Waals surface area contributed by atoms with E-state index in [2.05, 4.69) is 68.3 Å². The molecular formula is C21H31NS. The van der Waals surface area contributed by atoms with Crippen molar-refractivity contribution >= 4 is 17.6 Å². The molecule has 0 heterocycles. The third-order valence-electron chi connectivity index (χ3n) is 5.83. The van der Waals surface area contributed by atoms with Crippen LogP contribution in [0.2, 0.25) is 0 Å². The Kier molecular flexibility index (Phi) is 5.80. The maximum Gasteiger partial charge on any atom is -0.00272 e. The fourth-order valence-corrected chi connectivity index (χ4v) is 5.44. The summed E-state index contributed by atoms with van der Waals surface area (Å²) in [4.78, 5) is 0. The number of benzene rings is 1. The van der Waals surface area contributed by atoms with E-state index in [1.54, 1.807) is 5.57 Å². The van der Waals surface area contributed by atoms with Gasteiger partial charge in [0.2, 0.25) is 0 Å². The van der Waals surface area contributed by atoms with E-state index in [0.29, 0.717) is 17.3 Å². The zero-order chi connectivity index (χ0) is 17.1. The minimum atomic E-state index is 0.197. The summed E-state index contributed by atoms with van der Waals surface area (Å²) < 4.78 is 0. The molecule has 0 saturated heterocycles. The monoisotopic (exact) mass is 329 g/mol. The first-order valence-electron chi connectivity index (χ1n) is 8.78. The summed E-state index contributed by atoms with van der Waals surface area (Å²) in [7, 11) is 1.50. The van der Waals surface area contributed by atoms with Gasteiger partial charge in [-0.25, -0.2) is 0 Å². The lowest BCUT2D eigenvalue weighted by atomic mass is 9.49. The lowest BCUT2D eigenvalue weighted by Crippen LogP contribution is -2.48. The Morgan fingerprint density at radius 3 is 2.35 bits per heavy atom. The van der Waals surface area contributed by atoms with Gasteiger partial charge in [0, 0.05) is 0 Å². The molecule has 4 unspecified atom stereocenters. The number of allylic oxidation sites excluding steroid dienone is 2. The van der Waals surface area contributed by atoms with Crippen LogP contribution < -0.4 is 5.73 Å². The number of rotatable bonds is 2. The van der Waals surface area contributed by atoms with Crippen LogP contribution in [0.25, 0.3) is 0 Å². The number of hydrogen-bond acceptors (Lipinski definition) is 2. The molecule has 0 radical (unpaired) electrons. The maximum absolute atomic E-state index is 5.42. The summed E-state index contributed by atoms with van der Waals surface area (Å²) >= 11 is 5.42. The van der Waals surface area contributed by atoms with Gasteiger partial charge in [-0.3, -0.25) is 0 Å². The Bertz CT molecular complexity index is 560. The van der Waals surface area contributed by atoms with Crippen LogP contribution in [0.15, 0.2) is 42.0 Å². The highest BCUT2D eigenvalue weighted by atomic mass is 32.1. The maximum atomic E-state index is 5.42.